The van der Waals surface area contributed by atoms with Crippen LogP contribution in [-0.2, 0) is 22.6 Å². The first-order valence-electron chi connectivity index (χ1n) is 9.71. The third-order valence-corrected chi connectivity index (χ3v) is 5.05. The molecule has 0 aliphatic carbocycles. The summed E-state index contributed by atoms with van der Waals surface area (Å²) in [7, 11) is 1.62. The van der Waals surface area contributed by atoms with Gasteiger partial charge in [0.25, 0.3) is 0 Å². The molecule has 1 fully saturated rings. The molecule has 3 rings (SSSR count). The number of hydrogen-bond donors (Lipinski definition) is 2. The number of carbonyl (C=O) groups is 2. The monoisotopic (exact) mass is 399 g/mol. The predicted octanol–water partition coefficient (Wildman–Crippen LogP) is 1.88. The molecule has 1 heterocycles. The van der Waals surface area contributed by atoms with E-state index in [9.17, 15) is 14.0 Å². The highest BCUT2D eigenvalue weighted by Crippen LogP contribution is 2.16. The van der Waals surface area contributed by atoms with E-state index in [0.717, 1.165) is 11.3 Å². The smallest absolute Gasteiger partial charge is 0.237 e. The fourth-order valence-electron chi connectivity index (χ4n) is 3.40. The molecule has 7 heteroatoms. The van der Waals surface area contributed by atoms with E-state index in [2.05, 4.69) is 10.6 Å². The van der Waals surface area contributed by atoms with Gasteiger partial charge < -0.3 is 15.4 Å². The van der Waals surface area contributed by atoms with Crippen molar-refractivity contribution in [1.82, 2.24) is 15.5 Å². The van der Waals surface area contributed by atoms with Gasteiger partial charge in [-0.15, -0.1) is 0 Å². The number of carbonyl (C=O) groups excluding carboxylic acids is 2. The molecule has 0 saturated carbocycles. The van der Waals surface area contributed by atoms with Gasteiger partial charge in [0, 0.05) is 31.7 Å². The maximum atomic E-state index is 14.0. The normalized spacial score (nSPS) is 16.9. The highest BCUT2D eigenvalue weighted by molar-refractivity contribution is 5.88. The number of benzene rings is 2. The van der Waals surface area contributed by atoms with Crippen LogP contribution in [0.5, 0.6) is 5.75 Å². The number of nitrogens with zero attached hydrogens (tertiary/aromatic N) is 1. The molecule has 1 aliphatic rings. The van der Waals surface area contributed by atoms with Crippen LogP contribution in [0.3, 0.4) is 0 Å². The van der Waals surface area contributed by atoms with Crippen LogP contribution in [-0.4, -0.2) is 49.5 Å². The largest absolute Gasteiger partial charge is 0.497 e. The zero-order valence-corrected chi connectivity index (χ0v) is 16.5. The molecule has 6 nitrogen and oxygen atoms in total. The highest BCUT2D eigenvalue weighted by Gasteiger charge is 2.31. The van der Waals surface area contributed by atoms with Crippen LogP contribution in [0, 0.1) is 5.82 Å². The van der Waals surface area contributed by atoms with Gasteiger partial charge in [-0.25, -0.2) is 4.39 Å². The number of amides is 2. The molecular weight excluding hydrogens is 373 g/mol. The Kier molecular flexibility index (Phi) is 7.19. The van der Waals surface area contributed by atoms with Crippen molar-refractivity contribution in [2.45, 2.75) is 25.4 Å². The fraction of sp³-hybridized carbons (Fsp3) is 0.364. The van der Waals surface area contributed by atoms with Gasteiger partial charge in [0.1, 0.15) is 11.6 Å². The van der Waals surface area contributed by atoms with E-state index in [0.29, 0.717) is 38.2 Å². The van der Waals surface area contributed by atoms with E-state index < -0.39 is 6.04 Å². The van der Waals surface area contributed by atoms with E-state index in [1.807, 2.05) is 29.2 Å². The van der Waals surface area contributed by atoms with Crippen molar-refractivity contribution in [2.75, 3.05) is 26.7 Å². The van der Waals surface area contributed by atoms with Crippen LogP contribution in [0.15, 0.2) is 48.5 Å². The number of nitrogens with one attached hydrogen (secondary N) is 2. The molecule has 1 saturated heterocycles. The molecule has 29 heavy (non-hydrogen) atoms. The molecule has 0 radical (unpaired) electrons. The quantitative estimate of drug-likeness (QED) is 0.711. The molecule has 2 aromatic rings. The Labute approximate surface area is 170 Å². The summed E-state index contributed by atoms with van der Waals surface area (Å²) in [6, 6.07) is 13.6. The van der Waals surface area contributed by atoms with Crippen molar-refractivity contribution in [3.63, 3.8) is 0 Å². The van der Waals surface area contributed by atoms with Crippen LogP contribution >= 0.6 is 0 Å². The first kappa shape index (κ1) is 20.8. The summed E-state index contributed by atoms with van der Waals surface area (Å²) >= 11 is 0. The Bertz CT molecular complexity index is 841. The predicted molar refractivity (Wildman–Crippen MR) is 108 cm³/mol. The summed E-state index contributed by atoms with van der Waals surface area (Å²) in [5.41, 5.74) is 1.61. The molecule has 2 N–H and O–H groups in total. The Hall–Kier alpha value is -2.93. The van der Waals surface area contributed by atoms with Gasteiger partial charge >= 0.3 is 0 Å². The van der Waals surface area contributed by atoms with Gasteiger partial charge in [0.15, 0.2) is 0 Å². The third-order valence-electron chi connectivity index (χ3n) is 5.05. The van der Waals surface area contributed by atoms with Gasteiger partial charge in [0.05, 0.1) is 19.6 Å². The lowest BCUT2D eigenvalue weighted by molar-refractivity contribution is -0.134. The molecule has 0 spiro atoms. The Morgan fingerprint density at radius 3 is 2.72 bits per heavy atom. The Morgan fingerprint density at radius 2 is 2.00 bits per heavy atom. The molecule has 1 aliphatic heterocycles. The first-order chi connectivity index (χ1) is 14.1. The molecule has 1 atom stereocenters. The van der Waals surface area contributed by atoms with Crippen molar-refractivity contribution >= 4 is 11.8 Å². The zero-order chi connectivity index (χ0) is 20.6. The summed E-state index contributed by atoms with van der Waals surface area (Å²) in [4.78, 5) is 26.6. The maximum absolute atomic E-state index is 14.0. The second-order valence-electron chi connectivity index (χ2n) is 7.02. The second kappa shape index (κ2) is 10.0. The minimum Gasteiger partial charge on any atom is -0.497 e. The lowest BCUT2D eigenvalue weighted by atomic mass is 10.1. The van der Waals surface area contributed by atoms with E-state index in [1.54, 1.807) is 25.3 Å². The number of halogens is 1. The minimum atomic E-state index is -0.607. The number of rotatable bonds is 8. The number of piperazine rings is 1. The van der Waals surface area contributed by atoms with Gasteiger partial charge in [-0.3, -0.25) is 14.5 Å². The summed E-state index contributed by atoms with van der Waals surface area (Å²) < 4.78 is 19.1. The van der Waals surface area contributed by atoms with Crippen molar-refractivity contribution < 1.29 is 18.7 Å². The number of ether oxygens (including phenoxy) is 1. The maximum Gasteiger partial charge on any atom is 0.237 e. The lowest BCUT2D eigenvalue weighted by Gasteiger charge is -2.34. The lowest BCUT2D eigenvalue weighted by Crippen LogP contribution is -2.56. The van der Waals surface area contributed by atoms with Gasteiger partial charge in [0.2, 0.25) is 11.8 Å². The van der Waals surface area contributed by atoms with Crippen LogP contribution in [0.1, 0.15) is 17.5 Å². The van der Waals surface area contributed by atoms with E-state index >= 15 is 0 Å². The minimum absolute atomic E-state index is 0.0445. The molecule has 0 bridgehead atoms. The fourth-order valence-corrected chi connectivity index (χ4v) is 3.40. The van der Waals surface area contributed by atoms with Crippen molar-refractivity contribution in [3.8, 4) is 5.75 Å². The van der Waals surface area contributed by atoms with Crippen molar-refractivity contribution in [2.24, 2.45) is 0 Å². The van der Waals surface area contributed by atoms with Crippen LogP contribution in [0.25, 0.3) is 0 Å². The van der Waals surface area contributed by atoms with Crippen molar-refractivity contribution in [3.05, 3.63) is 65.5 Å². The Balaban J connectivity index is 1.53. The van der Waals surface area contributed by atoms with Crippen LogP contribution in [0.4, 0.5) is 4.39 Å². The summed E-state index contributed by atoms with van der Waals surface area (Å²) in [5, 5.41) is 5.67. The van der Waals surface area contributed by atoms with Gasteiger partial charge in [-0.1, -0.05) is 30.3 Å². The molecular formula is C22H26FN3O3. The zero-order valence-electron chi connectivity index (χ0n) is 16.5. The molecule has 2 amide bonds. The summed E-state index contributed by atoms with van der Waals surface area (Å²) in [6.45, 7) is 1.84. The second-order valence-corrected chi connectivity index (χ2v) is 7.02. The van der Waals surface area contributed by atoms with Gasteiger partial charge in [-0.05, 0) is 30.2 Å². The van der Waals surface area contributed by atoms with Crippen LogP contribution < -0.4 is 15.4 Å². The molecule has 0 aromatic heterocycles. The number of hydrogen-bond acceptors (Lipinski definition) is 4. The van der Waals surface area contributed by atoms with Crippen molar-refractivity contribution in [1.29, 1.82) is 0 Å². The molecule has 1 unspecified atom stereocenters. The summed E-state index contributed by atoms with van der Waals surface area (Å²) in [5.74, 6) is 0.0919. The topological polar surface area (TPSA) is 70.7 Å². The van der Waals surface area contributed by atoms with Gasteiger partial charge in [-0.2, -0.15) is 0 Å². The average Bonchev–Trinajstić information content (AvgIpc) is 2.73. The third kappa shape index (κ3) is 5.77. The number of methoxy groups -OCH3 is 1. The van der Waals surface area contributed by atoms with Crippen LogP contribution in [0.2, 0.25) is 0 Å². The van der Waals surface area contributed by atoms with E-state index in [-0.39, 0.29) is 24.1 Å². The Morgan fingerprint density at radius 1 is 1.24 bits per heavy atom. The highest BCUT2D eigenvalue weighted by atomic mass is 19.1. The molecule has 2 aromatic carbocycles. The van der Waals surface area contributed by atoms with E-state index in [1.165, 1.54) is 6.07 Å². The first-order valence-corrected chi connectivity index (χ1v) is 9.71. The van der Waals surface area contributed by atoms with E-state index in [4.69, 9.17) is 4.74 Å². The molecule has 154 valence electrons. The average molecular weight is 399 g/mol. The summed E-state index contributed by atoms with van der Waals surface area (Å²) in [6.07, 6.45) is 0.731. The standard InChI is InChI=1S/C22H26FN3O3/c1-29-18-8-6-16(7-9-18)10-11-24-21(27)14-20-22(28)25-12-13-26(20)15-17-4-2-3-5-19(17)23/h2-9,20H,10-15H2,1H3,(H,24,27)(H,25,28). The SMILES string of the molecule is COc1ccc(CCNC(=O)CC2C(=O)NCCN2Cc2ccccc2F)cc1.